The Morgan fingerprint density at radius 2 is 2.54 bits per heavy atom. The summed E-state index contributed by atoms with van der Waals surface area (Å²) < 4.78 is 7.51. The number of rotatable bonds is 1. The molecule has 1 saturated heterocycles. The summed E-state index contributed by atoms with van der Waals surface area (Å²) in [6.45, 7) is 0.801. The van der Waals surface area contributed by atoms with E-state index in [2.05, 4.69) is 4.98 Å². The van der Waals surface area contributed by atoms with Gasteiger partial charge in [0.2, 0.25) is 0 Å². The van der Waals surface area contributed by atoms with E-state index < -0.39 is 0 Å². The summed E-state index contributed by atoms with van der Waals surface area (Å²) in [6.07, 6.45) is 5.83. The zero-order valence-electron chi connectivity index (χ0n) is 7.81. The van der Waals surface area contributed by atoms with Crippen molar-refractivity contribution in [1.82, 2.24) is 9.55 Å². The second kappa shape index (κ2) is 3.47. The Balaban J connectivity index is 2.14. The highest BCUT2D eigenvalue weighted by Gasteiger charge is 2.25. The molecule has 2 heterocycles. The summed E-state index contributed by atoms with van der Waals surface area (Å²) in [7, 11) is 1.95. The Kier molecular flexibility index (Phi) is 2.33. The zero-order valence-corrected chi connectivity index (χ0v) is 7.81. The summed E-state index contributed by atoms with van der Waals surface area (Å²) in [5, 5.41) is 0. The molecular formula is C9H15N3O. The van der Waals surface area contributed by atoms with Crippen LogP contribution in [0.1, 0.15) is 24.6 Å². The fraction of sp³-hybridized carbons (Fsp3) is 0.667. The lowest BCUT2D eigenvalue weighted by Gasteiger charge is -2.27. The van der Waals surface area contributed by atoms with Gasteiger partial charge in [0, 0.05) is 25.9 Å². The van der Waals surface area contributed by atoms with Gasteiger partial charge < -0.3 is 15.0 Å². The van der Waals surface area contributed by atoms with Gasteiger partial charge in [-0.05, 0) is 12.8 Å². The fourth-order valence-corrected chi connectivity index (χ4v) is 1.69. The van der Waals surface area contributed by atoms with Crippen LogP contribution in [0.5, 0.6) is 0 Å². The molecule has 72 valence electrons. The Labute approximate surface area is 77.7 Å². The maximum atomic E-state index is 5.95. The number of nitrogens with two attached hydrogens (primary N) is 1. The van der Waals surface area contributed by atoms with Crippen LogP contribution in [0.4, 0.5) is 0 Å². The van der Waals surface area contributed by atoms with E-state index in [9.17, 15) is 0 Å². The molecule has 0 radical (unpaired) electrons. The lowest BCUT2D eigenvalue weighted by Crippen LogP contribution is -2.34. The molecule has 0 aliphatic carbocycles. The highest BCUT2D eigenvalue weighted by molar-refractivity contribution is 5.05. The minimum absolute atomic E-state index is 0.00468. The van der Waals surface area contributed by atoms with E-state index >= 15 is 0 Å². The summed E-state index contributed by atoms with van der Waals surface area (Å²) in [6, 6.07) is 0.101. The van der Waals surface area contributed by atoms with Gasteiger partial charge in [0.1, 0.15) is 6.10 Å². The van der Waals surface area contributed by atoms with Gasteiger partial charge in [-0.15, -0.1) is 0 Å². The first-order valence-corrected chi connectivity index (χ1v) is 4.62. The fourth-order valence-electron chi connectivity index (χ4n) is 1.69. The molecule has 2 atom stereocenters. The molecule has 0 bridgehead atoms. The Hall–Kier alpha value is -0.870. The van der Waals surface area contributed by atoms with E-state index in [4.69, 9.17) is 10.5 Å². The molecule has 2 unspecified atom stereocenters. The zero-order chi connectivity index (χ0) is 9.26. The van der Waals surface area contributed by atoms with Crippen LogP contribution in [0.3, 0.4) is 0 Å². The van der Waals surface area contributed by atoms with Crippen LogP contribution in [0.25, 0.3) is 0 Å². The van der Waals surface area contributed by atoms with Gasteiger partial charge in [-0.25, -0.2) is 4.98 Å². The molecule has 1 aromatic rings. The number of aromatic nitrogens is 2. The van der Waals surface area contributed by atoms with Crippen molar-refractivity contribution in [2.24, 2.45) is 12.8 Å². The van der Waals surface area contributed by atoms with Gasteiger partial charge in [0.25, 0.3) is 0 Å². The molecule has 1 aliphatic rings. The Morgan fingerprint density at radius 3 is 3.15 bits per heavy atom. The van der Waals surface area contributed by atoms with Crippen LogP contribution >= 0.6 is 0 Å². The number of aryl methyl sites for hydroxylation is 1. The smallest absolute Gasteiger partial charge is 0.116 e. The van der Waals surface area contributed by atoms with E-state index in [1.54, 1.807) is 6.33 Å². The lowest BCUT2D eigenvalue weighted by molar-refractivity contribution is -0.00224. The first-order chi connectivity index (χ1) is 6.27. The van der Waals surface area contributed by atoms with Crippen molar-refractivity contribution in [2.75, 3.05) is 6.61 Å². The first kappa shape index (κ1) is 8.72. The summed E-state index contributed by atoms with van der Waals surface area (Å²) in [5.41, 5.74) is 6.90. The molecule has 13 heavy (non-hydrogen) atoms. The summed E-state index contributed by atoms with van der Waals surface area (Å²) >= 11 is 0. The number of hydrogen-bond donors (Lipinski definition) is 1. The maximum Gasteiger partial charge on any atom is 0.116 e. The SMILES string of the molecule is Cn1cnc(C2OCCCC2N)c1. The molecule has 0 aromatic carbocycles. The highest BCUT2D eigenvalue weighted by atomic mass is 16.5. The van der Waals surface area contributed by atoms with Crippen LogP contribution < -0.4 is 5.73 Å². The molecule has 1 aliphatic heterocycles. The van der Waals surface area contributed by atoms with Crippen molar-refractivity contribution in [3.8, 4) is 0 Å². The molecule has 2 rings (SSSR count). The standard InChI is InChI=1S/C9H15N3O/c1-12-5-8(11-6-12)9-7(10)3-2-4-13-9/h5-7,9H,2-4,10H2,1H3. The molecule has 4 heteroatoms. The summed E-state index contributed by atoms with van der Waals surface area (Å²) in [5.74, 6) is 0. The van der Waals surface area contributed by atoms with Gasteiger partial charge in [-0.2, -0.15) is 0 Å². The third-order valence-electron chi connectivity index (χ3n) is 2.38. The molecule has 0 saturated carbocycles. The van der Waals surface area contributed by atoms with Crippen molar-refractivity contribution >= 4 is 0 Å². The van der Waals surface area contributed by atoms with E-state index in [1.165, 1.54) is 0 Å². The van der Waals surface area contributed by atoms with Gasteiger partial charge in [-0.1, -0.05) is 0 Å². The van der Waals surface area contributed by atoms with Gasteiger partial charge in [0.15, 0.2) is 0 Å². The number of nitrogens with zero attached hydrogens (tertiary/aromatic N) is 2. The third kappa shape index (κ3) is 1.73. The second-order valence-corrected chi connectivity index (χ2v) is 3.56. The molecule has 0 amide bonds. The molecule has 2 N–H and O–H groups in total. The number of ether oxygens (including phenoxy) is 1. The van der Waals surface area contributed by atoms with Crippen molar-refractivity contribution < 1.29 is 4.74 Å². The van der Waals surface area contributed by atoms with Crippen LogP contribution in [0.15, 0.2) is 12.5 Å². The van der Waals surface area contributed by atoms with Crippen LogP contribution in [-0.2, 0) is 11.8 Å². The Bertz CT molecular complexity index is 284. The number of imidazole rings is 1. The second-order valence-electron chi connectivity index (χ2n) is 3.56. The number of hydrogen-bond acceptors (Lipinski definition) is 3. The van der Waals surface area contributed by atoms with E-state index in [0.29, 0.717) is 0 Å². The average Bonchev–Trinajstić information content (AvgIpc) is 2.53. The normalized spacial score (nSPS) is 29.1. The van der Waals surface area contributed by atoms with E-state index in [0.717, 1.165) is 25.1 Å². The highest BCUT2D eigenvalue weighted by Crippen LogP contribution is 2.25. The minimum Gasteiger partial charge on any atom is -0.370 e. The topological polar surface area (TPSA) is 53.1 Å². The summed E-state index contributed by atoms with van der Waals surface area (Å²) in [4.78, 5) is 4.25. The van der Waals surface area contributed by atoms with Crippen molar-refractivity contribution in [3.63, 3.8) is 0 Å². The predicted octanol–water partition coefficient (Wildman–Crippen LogP) is 0.599. The van der Waals surface area contributed by atoms with Crippen LogP contribution in [0, 0.1) is 0 Å². The quantitative estimate of drug-likeness (QED) is 0.690. The van der Waals surface area contributed by atoms with E-state index in [-0.39, 0.29) is 12.1 Å². The largest absolute Gasteiger partial charge is 0.370 e. The van der Waals surface area contributed by atoms with Gasteiger partial charge in [-0.3, -0.25) is 0 Å². The molecular weight excluding hydrogens is 166 g/mol. The average molecular weight is 181 g/mol. The third-order valence-corrected chi connectivity index (χ3v) is 2.38. The van der Waals surface area contributed by atoms with Crippen molar-refractivity contribution in [2.45, 2.75) is 25.0 Å². The van der Waals surface area contributed by atoms with Crippen LogP contribution in [0.2, 0.25) is 0 Å². The molecule has 4 nitrogen and oxygen atoms in total. The monoisotopic (exact) mass is 181 g/mol. The Morgan fingerprint density at radius 1 is 1.69 bits per heavy atom. The molecule has 1 fully saturated rings. The lowest BCUT2D eigenvalue weighted by atomic mass is 10.0. The van der Waals surface area contributed by atoms with E-state index in [1.807, 2.05) is 17.8 Å². The van der Waals surface area contributed by atoms with Crippen molar-refractivity contribution in [3.05, 3.63) is 18.2 Å². The predicted molar refractivity (Wildman–Crippen MR) is 49.1 cm³/mol. The maximum absolute atomic E-state index is 5.95. The van der Waals surface area contributed by atoms with Crippen LogP contribution in [-0.4, -0.2) is 22.2 Å². The van der Waals surface area contributed by atoms with Crippen molar-refractivity contribution in [1.29, 1.82) is 0 Å². The minimum atomic E-state index is -0.00468. The molecule has 1 aromatic heterocycles. The van der Waals surface area contributed by atoms with Gasteiger partial charge in [0.05, 0.1) is 12.0 Å². The first-order valence-electron chi connectivity index (χ1n) is 4.62. The molecule has 0 spiro atoms. The van der Waals surface area contributed by atoms with Gasteiger partial charge >= 0.3 is 0 Å².